The lowest BCUT2D eigenvalue weighted by atomic mass is 10.4. The zero-order valence-corrected chi connectivity index (χ0v) is 7.38. The van der Waals surface area contributed by atoms with Crippen molar-refractivity contribution < 1.29 is 0 Å². The summed E-state index contributed by atoms with van der Waals surface area (Å²) in [6.45, 7) is 4.43. The molecule has 1 heterocycles. The van der Waals surface area contributed by atoms with E-state index >= 15 is 0 Å². The van der Waals surface area contributed by atoms with Crippen molar-refractivity contribution in [2.24, 2.45) is 0 Å². The van der Waals surface area contributed by atoms with Crippen LogP contribution < -0.4 is 5.32 Å². The molecule has 0 saturated heterocycles. The van der Waals surface area contributed by atoms with Crippen molar-refractivity contribution in [3.8, 4) is 0 Å². The zero-order valence-electron chi connectivity index (χ0n) is 6.63. The highest BCUT2D eigenvalue weighted by Gasteiger charge is 1.92. The maximum absolute atomic E-state index is 5.56. The summed E-state index contributed by atoms with van der Waals surface area (Å²) in [4.78, 5) is 0. The van der Waals surface area contributed by atoms with E-state index in [1.54, 1.807) is 12.1 Å². The number of hydrogen-bond donors (Lipinski definition) is 1. The molecule has 4 heteroatoms. The molecule has 0 bridgehead atoms. The molecule has 0 aliphatic carbocycles. The number of rotatable bonds is 4. The lowest BCUT2D eigenvalue weighted by Gasteiger charge is -2.00. The van der Waals surface area contributed by atoms with Crippen LogP contribution in [-0.2, 0) is 0 Å². The zero-order chi connectivity index (χ0) is 8.81. The first-order chi connectivity index (χ1) is 5.83. The van der Waals surface area contributed by atoms with Gasteiger partial charge < -0.3 is 5.32 Å². The Bertz CT molecular complexity index is 245. The summed E-state index contributed by atoms with van der Waals surface area (Å²) in [7, 11) is 0. The van der Waals surface area contributed by atoms with Crippen LogP contribution in [0.5, 0.6) is 0 Å². The van der Waals surface area contributed by atoms with Crippen molar-refractivity contribution in [3.63, 3.8) is 0 Å². The molecule has 1 rings (SSSR count). The van der Waals surface area contributed by atoms with E-state index in [-0.39, 0.29) is 0 Å². The summed E-state index contributed by atoms with van der Waals surface area (Å²) >= 11 is 5.56. The van der Waals surface area contributed by atoms with Crippen molar-refractivity contribution in [1.29, 1.82) is 0 Å². The highest BCUT2D eigenvalue weighted by atomic mass is 35.5. The molecule has 0 atom stereocenters. The Balaban J connectivity index is 2.42. The van der Waals surface area contributed by atoms with Crippen molar-refractivity contribution >= 4 is 17.4 Å². The highest BCUT2D eigenvalue weighted by Crippen LogP contribution is 2.05. The summed E-state index contributed by atoms with van der Waals surface area (Å²) in [6.07, 6.45) is 2.75. The first-order valence-corrected chi connectivity index (χ1v) is 4.04. The predicted molar refractivity (Wildman–Crippen MR) is 50.3 cm³/mol. The van der Waals surface area contributed by atoms with Gasteiger partial charge in [0.1, 0.15) is 5.82 Å². The molecule has 1 aromatic heterocycles. The molecule has 0 aromatic carbocycles. The fourth-order valence-corrected chi connectivity index (χ4v) is 0.813. The van der Waals surface area contributed by atoms with Crippen LogP contribution >= 0.6 is 11.6 Å². The van der Waals surface area contributed by atoms with Crippen LogP contribution in [0.1, 0.15) is 6.42 Å². The number of halogens is 1. The van der Waals surface area contributed by atoms with Gasteiger partial charge in [-0.1, -0.05) is 17.7 Å². The normalized spacial score (nSPS) is 9.42. The monoisotopic (exact) mass is 183 g/mol. The lowest BCUT2D eigenvalue weighted by molar-refractivity contribution is 0.986. The van der Waals surface area contributed by atoms with Crippen LogP contribution in [0.15, 0.2) is 24.8 Å². The van der Waals surface area contributed by atoms with E-state index in [1.807, 2.05) is 6.08 Å². The fraction of sp³-hybridized carbons (Fsp3) is 0.250. The summed E-state index contributed by atoms with van der Waals surface area (Å²) in [5.41, 5.74) is 0. The smallest absolute Gasteiger partial charge is 0.151 e. The lowest BCUT2D eigenvalue weighted by Crippen LogP contribution is -2.02. The molecule has 12 heavy (non-hydrogen) atoms. The molecule has 0 aliphatic heterocycles. The second kappa shape index (κ2) is 4.72. The molecule has 0 spiro atoms. The van der Waals surface area contributed by atoms with Crippen molar-refractivity contribution in [1.82, 2.24) is 10.2 Å². The maximum atomic E-state index is 5.56. The van der Waals surface area contributed by atoms with Gasteiger partial charge in [0.2, 0.25) is 0 Å². The maximum Gasteiger partial charge on any atom is 0.151 e. The Hall–Kier alpha value is -1.09. The number of hydrogen-bond acceptors (Lipinski definition) is 3. The molecule has 0 radical (unpaired) electrons. The molecule has 0 fully saturated rings. The summed E-state index contributed by atoms with van der Waals surface area (Å²) in [5, 5.41) is 11.0. The summed E-state index contributed by atoms with van der Waals surface area (Å²) < 4.78 is 0. The van der Waals surface area contributed by atoms with Crippen LogP contribution in [0.2, 0.25) is 5.15 Å². The Labute approximate surface area is 76.5 Å². The predicted octanol–water partition coefficient (Wildman–Crippen LogP) is 2.12. The van der Waals surface area contributed by atoms with Crippen molar-refractivity contribution in [2.45, 2.75) is 6.42 Å². The Morgan fingerprint density at radius 3 is 2.92 bits per heavy atom. The first kappa shape index (κ1) is 9.00. The number of anilines is 1. The van der Waals surface area contributed by atoms with Gasteiger partial charge in [0, 0.05) is 6.54 Å². The van der Waals surface area contributed by atoms with Crippen LogP contribution in [0.3, 0.4) is 0 Å². The number of nitrogens with zero attached hydrogens (tertiary/aromatic N) is 2. The largest absolute Gasteiger partial charge is 0.368 e. The van der Waals surface area contributed by atoms with Gasteiger partial charge in [0.25, 0.3) is 0 Å². The van der Waals surface area contributed by atoms with Crippen molar-refractivity contribution in [3.05, 3.63) is 29.9 Å². The van der Waals surface area contributed by atoms with Gasteiger partial charge in [-0.05, 0) is 18.6 Å². The minimum atomic E-state index is 0.407. The van der Waals surface area contributed by atoms with Gasteiger partial charge in [-0.15, -0.1) is 16.8 Å². The molecule has 0 saturated carbocycles. The SMILES string of the molecule is C=CCCNc1ccc(Cl)nn1. The van der Waals surface area contributed by atoms with Gasteiger partial charge in [-0.25, -0.2) is 0 Å². The molecule has 0 aliphatic rings. The van der Waals surface area contributed by atoms with Gasteiger partial charge in [0.05, 0.1) is 0 Å². The third kappa shape index (κ3) is 2.88. The average Bonchev–Trinajstić information content (AvgIpc) is 2.09. The second-order valence-electron chi connectivity index (χ2n) is 2.25. The summed E-state index contributed by atoms with van der Waals surface area (Å²) in [5.74, 6) is 0.737. The van der Waals surface area contributed by atoms with Crippen LogP contribution in [-0.4, -0.2) is 16.7 Å². The second-order valence-corrected chi connectivity index (χ2v) is 2.63. The molecular formula is C8H10ClN3. The Morgan fingerprint density at radius 1 is 1.50 bits per heavy atom. The molecule has 64 valence electrons. The summed E-state index contributed by atoms with van der Waals surface area (Å²) in [6, 6.07) is 3.49. The van der Waals surface area contributed by atoms with Gasteiger partial charge in [-0.2, -0.15) is 0 Å². The fourth-order valence-electron chi connectivity index (χ4n) is 0.713. The third-order valence-electron chi connectivity index (χ3n) is 1.29. The van der Waals surface area contributed by atoms with E-state index < -0.39 is 0 Å². The van der Waals surface area contributed by atoms with Crippen LogP contribution in [0.4, 0.5) is 5.82 Å². The number of nitrogens with one attached hydrogen (secondary N) is 1. The van der Waals surface area contributed by atoms with Crippen LogP contribution in [0, 0.1) is 0 Å². The van der Waals surface area contributed by atoms with Crippen LogP contribution in [0.25, 0.3) is 0 Å². The Kier molecular flexibility index (Phi) is 3.54. The molecular weight excluding hydrogens is 174 g/mol. The number of aromatic nitrogens is 2. The highest BCUT2D eigenvalue weighted by molar-refractivity contribution is 6.29. The molecule has 0 unspecified atom stereocenters. The molecule has 0 amide bonds. The molecule has 1 N–H and O–H groups in total. The van der Waals surface area contributed by atoms with E-state index in [4.69, 9.17) is 11.6 Å². The van der Waals surface area contributed by atoms with Gasteiger partial charge >= 0.3 is 0 Å². The van der Waals surface area contributed by atoms with E-state index in [0.717, 1.165) is 18.8 Å². The van der Waals surface area contributed by atoms with E-state index in [1.165, 1.54) is 0 Å². The first-order valence-electron chi connectivity index (χ1n) is 3.67. The molecule has 3 nitrogen and oxygen atoms in total. The average molecular weight is 184 g/mol. The van der Waals surface area contributed by atoms with Crippen molar-refractivity contribution in [2.75, 3.05) is 11.9 Å². The third-order valence-corrected chi connectivity index (χ3v) is 1.49. The van der Waals surface area contributed by atoms with E-state index in [0.29, 0.717) is 5.15 Å². The van der Waals surface area contributed by atoms with Gasteiger partial charge in [0.15, 0.2) is 5.15 Å². The minimum Gasteiger partial charge on any atom is -0.368 e. The standard InChI is InChI=1S/C8H10ClN3/c1-2-3-6-10-8-5-4-7(9)11-12-8/h2,4-5H,1,3,6H2,(H,10,12). The van der Waals surface area contributed by atoms with E-state index in [2.05, 4.69) is 22.1 Å². The Morgan fingerprint density at radius 2 is 2.33 bits per heavy atom. The quantitative estimate of drug-likeness (QED) is 0.574. The van der Waals surface area contributed by atoms with Gasteiger partial charge in [-0.3, -0.25) is 0 Å². The van der Waals surface area contributed by atoms with E-state index in [9.17, 15) is 0 Å². The molecule has 1 aromatic rings. The topological polar surface area (TPSA) is 37.8 Å². The minimum absolute atomic E-state index is 0.407.